The molecule has 0 bridgehead atoms. The highest BCUT2D eigenvalue weighted by molar-refractivity contribution is 6.05. The van der Waals surface area contributed by atoms with Crippen molar-refractivity contribution in [2.24, 2.45) is 0 Å². The van der Waals surface area contributed by atoms with Gasteiger partial charge in [0.25, 0.3) is 6.01 Å². The minimum absolute atomic E-state index is 0.129. The van der Waals surface area contributed by atoms with Crippen molar-refractivity contribution in [1.82, 2.24) is 20.1 Å². The van der Waals surface area contributed by atoms with Gasteiger partial charge >= 0.3 is 11.7 Å². The maximum absolute atomic E-state index is 12.0. The third kappa shape index (κ3) is 4.08. The van der Waals surface area contributed by atoms with E-state index in [9.17, 15) is 14.7 Å². The van der Waals surface area contributed by atoms with Crippen LogP contribution in [0.25, 0.3) is 44.7 Å². The molecule has 3 aromatic carbocycles. The topological polar surface area (TPSA) is 134 Å². The minimum Gasteiger partial charge on any atom is -0.478 e. The lowest BCUT2D eigenvalue weighted by molar-refractivity contribution is 0.0699. The smallest absolute Gasteiger partial charge is 0.439 e. The van der Waals surface area contributed by atoms with Crippen LogP contribution >= 0.6 is 0 Å². The zero-order valence-electron chi connectivity index (χ0n) is 19.1. The summed E-state index contributed by atoms with van der Waals surface area (Å²) in [5.41, 5.74) is 6.10. The number of aromatic amines is 2. The van der Waals surface area contributed by atoms with Crippen LogP contribution in [0.5, 0.6) is 6.01 Å². The fourth-order valence-corrected chi connectivity index (χ4v) is 4.12. The largest absolute Gasteiger partial charge is 0.478 e. The Morgan fingerprint density at radius 3 is 2.34 bits per heavy atom. The molecule has 0 unspecified atom stereocenters. The number of ether oxygens (including phenoxy) is 1. The van der Waals surface area contributed by atoms with E-state index in [0.29, 0.717) is 29.5 Å². The van der Waals surface area contributed by atoms with Crippen molar-refractivity contribution < 1.29 is 19.2 Å². The normalized spacial score (nSPS) is 11.1. The molecule has 0 spiro atoms. The number of carboxylic acid groups (broad SMARTS) is 1. The number of carbonyl (C=O) groups is 1. The Morgan fingerprint density at radius 1 is 1.03 bits per heavy atom. The van der Waals surface area contributed by atoms with Gasteiger partial charge in [0, 0.05) is 5.56 Å². The molecular formula is C26H22N4O5. The van der Waals surface area contributed by atoms with Gasteiger partial charge in [0.15, 0.2) is 5.82 Å². The van der Waals surface area contributed by atoms with E-state index in [1.54, 1.807) is 6.07 Å². The first-order valence-corrected chi connectivity index (χ1v) is 11.1. The Kier molecular flexibility index (Phi) is 5.66. The number of aromatic carboxylic acids is 1. The van der Waals surface area contributed by atoms with Crippen molar-refractivity contribution in [3.63, 3.8) is 0 Å². The van der Waals surface area contributed by atoms with Gasteiger partial charge in [0.2, 0.25) is 0 Å². The Morgan fingerprint density at radius 2 is 1.71 bits per heavy atom. The summed E-state index contributed by atoms with van der Waals surface area (Å²) in [4.78, 5) is 33.5. The van der Waals surface area contributed by atoms with E-state index in [2.05, 4.69) is 24.6 Å². The van der Waals surface area contributed by atoms with E-state index < -0.39 is 11.7 Å². The standard InChI is InChI=1S/C26H22N4O5/c1-3-12-34-25-27-21-14(2)19(13-20(24(31)32)22(21)28-25)16-10-8-15(9-11-16)17-6-4-5-7-18(17)23-29-26(33)35-30-23/h4-11,13H,3,12H2,1-2H3,(H,27,28)(H,31,32)(H,29,30,33). The summed E-state index contributed by atoms with van der Waals surface area (Å²) in [6.45, 7) is 4.39. The average molecular weight is 470 g/mol. The molecule has 0 aliphatic rings. The van der Waals surface area contributed by atoms with Crippen LogP contribution in [0.2, 0.25) is 0 Å². The molecule has 0 saturated heterocycles. The Bertz CT molecular complexity index is 1590. The van der Waals surface area contributed by atoms with E-state index in [-0.39, 0.29) is 5.56 Å². The first-order chi connectivity index (χ1) is 17.0. The van der Waals surface area contributed by atoms with Gasteiger partial charge in [0.05, 0.1) is 23.2 Å². The number of aromatic nitrogens is 4. The van der Waals surface area contributed by atoms with Gasteiger partial charge in [0.1, 0.15) is 0 Å². The van der Waals surface area contributed by atoms with Gasteiger partial charge in [-0.15, -0.1) is 0 Å². The molecule has 2 aromatic heterocycles. The summed E-state index contributed by atoms with van der Waals surface area (Å²) in [6.07, 6.45) is 0.815. The van der Waals surface area contributed by atoms with Crippen LogP contribution < -0.4 is 10.5 Å². The van der Waals surface area contributed by atoms with Crippen molar-refractivity contribution in [1.29, 1.82) is 0 Å². The number of H-pyrrole nitrogens is 2. The number of hydrogen-bond donors (Lipinski definition) is 3. The molecule has 0 radical (unpaired) electrons. The molecule has 0 amide bonds. The predicted molar refractivity (Wildman–Crippen MR) is 131 cm³/mol. The maximum atomic E-state index is 12.0. The second kappa shape index (κ2) is 8.94. The molecule has 0 fully saturated rings. The van der Waals surface area contributed by atoms with E-state index >= 15 is 0 Å². The van der Waals surface area contributed by atoms with Crippen LogP contribution in [0, 0.1) is 6.92 Å². The molecule has 5 aromatic rings. The summed E-state index contributed by atoms with van der Waals surface area (Å²) < 4.78 is 10.3. The monoisotopic (exact) mass is 470 g/mol. The lowest BCUT2D eigenvalue weighted by atomic mass is 9.93. The van der Waals surface area contributed by atoms with E-state index in [0.717, 1.165) is 39.8 Å². The van der Waals surface area contributed by atoms with Crippen molar-refractivity contribution in [2.45, 2.75) is 20.3 Å². The Hall–Kier alpha value is -4.66. The quantitative estimate of drug-likeness (QED) is 0.303. The number of rotatable bonds is 7. The van der Waals surface area contributed by atoms with Gasteiger partial charge in [-0.25, -0.2) is 9.59 Å². The summed E-state index contributed by atoms with van der Waals surface area (Å²) in [7, 11) is 0. The van der Waals surface area contributed by atoms with E-state index in [1.165, 1.54) is 0 Å². The van der Waals surface area contributed by atoms with Crippen molar-refractivity contribution in [3.05, 3.63) is 76.3 Å². The number of nitrogens with zero attached hydrogens (tertiary/aromatic N) is 2. The molecule has 9 nitrogen and oxygen atoms in total. The van der Waals surface area contributed by atoms with Gasteiger partial charge in [-0.1, -0.05) is 60.6 Å². The second-order valence-electron chi connectivity index (χ2n) is 8.08. The number of carboxylic acids is 1. The Labute approximate surface area is 199 Å². The summed E-state index contributed by atoms with van der Waals surface area (Å²) in [6, 6.07) is 17.2. The highest BCUT2D eigenvalue weighted by Gasteiger charge is 2.20. The molecule has 0 aliphatic carbocycles. The molecule has 5 rings (SSSR count). The van der Waals surface area contributed by atoms with Crippen LogP contribution in [0.4, 0.5) is 0 Å². The molecule has 35 heavy (non-hydrogen) atoms. The third-order valence-electron chi connectivity index (χ3n) is 5.80. The van der Waals surface area contributed by atoms with Crippen LogP contribution in [-0.4, -0.2) is 37.8 Å². The summed E-state index contributed by atoms with van der Waals surface area (Å²) >= 11 is 0. The molecule has 0 saturated carbocycles. The van der Waals surface area contributed by atoms with Crippen LogP contribution in [0.3, 0.4) is 0 Å². The van der Waals surface area contributed by atoms with Crippen LogP contribution in [-0.2, 0) is 0 Å². The minimum atomic E-state index is -1.05. The van der Waals surface area contributed by atoms with Gasteiger partial charge in [-0.05, 0) is 47.2 Å². The zero-order chi connectivity index (χ0) is 24.5. The van der Waals surface area contributed by atoms with Crippen molar-refractivity contribution >= 4 is 17.0 Å². The summed E-state index contributed by atoms with van der Waals surface area (Å²) in [5, 5.41) is 13.6. The fourth-order valence-electron chi connectivity index (χ4n) is 4.12. The number of hydrogen-bond acceptors (Lipinski definition) is 6. The fraction of sp³-hybridized carbons (Fsp3) is 0.154. The molecular weight excluding hydrogens is 448 g/mol. The lowest BCUT2D eigenvalue weighted by Gasteiger charge is -2.11. The average Bonchev–Trinajstić information content (AvgIpc) is 3.50. The maximum Gasteiger partial charge on any atom is 0.439 e. The highest BCUT2D eigenvalue weighted by atomic mass is 16.5. The highest BCUT2D eigenvalue weighted by Crippen LogP contribution is 2.35. The number of aryl methyl sites for hydroxylation is 1. The Balaban J connectivity index is 1.58. The van der Waals surface area contributed by atoms with Crippen molar-refractivity contribution in [3.8, 4) is 39.7 Å². The summed E-state index contributed by atoms with van der Waals surface area (Å²) in [5.74, 6) is -1.32. The number of nitrogens with one attached hydrogen (secondary N) is 2. The molecule has 2 heterocycles. The molecule has 3 N–H and O–H groups in total. The van der Waals surface area contributed by atoms with Gasteiger partial charge in [-0.2, -0.15) is 4.98 Å². The third-order valence-corrected chi connectivity index (χ3v) is 5.80. The van der Waals surface area contributed by atoms with E-state index in [1.807, 2.05) is 62.4 Å². The zero-order valence-corrected chi connectivity index (χ0v) is 19.1. The lowest BCUT2D eigenvalue weighted by Crippen LogP contribution is -2.00. The number of benzene rings is 3. The number of imidazole rings is 1. The van der Waals surface area contributed by atoms with Gasteiger partial charge in [-0.3, -0.25) is 9.51 Å². The first kappa shape index (κ1) is 22.1. The molecule has 9 heteroatoms. The molecule has 176 valence electrons. The molecule has 0 aliphatic heterocycles. The predicted octanol–water partition coefficient (Wildman–Crippen LogP) is 5.04. The van der Waals surface area contributed by atoms with E-state index in [4.69, 9.17) is 4.74 Å². The van der Waals surface area contributed by atoms with Crippen molar-refractivity contribution in [2.75, 3.05) is 6.61 Å². The SMILES string of the molecule is CCCOc1nc2c(C)c(-c3ccc(-c4ccccc4-c4noc(=O)[nH]4)cc3)cc(C(=O)O)c2[nH]1. The second-order valence-corrected chi connectivity index (χ2v) is 8.08. The number of fused-ring (bicyclic) bond motifs is 1. The van der Waals surface area contributed by atoms with Crippen LogP contribution in [0.15, 0.2) is 63.9 Å². The molecule has 0 atom stereocenters. The van der Waals surface area contributed by atoms with Gasteiger partial charge < -0.3 is 14.8 Å². The van der Waals surface area contributed by atoms with Crippen LogP contribution in [0.1, 0.15) is 29.3 Å². The first-order valence-electron chi connectivity index (χ1n) is 11.1.